The Balaban J connectivity index is 1.49. The molecule has 0 aliphatic rings. The Morgan fingerprint density at radius 3 is 2.83 bits per heavy atom. The third-order valence-electron chi connectivity index (χ3n) is 2.89. The van der Waals surface area contributed by atoms with Crippen LogP contribution < -0.4 is 5.32 Å². The van der Waals surface area contributed by atoms with Crippen LogP contribution in [0.2, 0.25) is 5.02 Å². The van der Waals surface area contributed by atoms with E-state index in [0.29, 0.717) is 23.2 Å². The highest BCUT2D eigenvalue weighted by molar-refractivity contribution is 8.01. The normalized spacial score (nSPS) is 10.8. The van der Waals surface area contributed by atoms with Crippen molar-refractivity contribution in [1.29, 1.82) is 0 Å². The summed E-state index contributed by atoms with van der Waals surface area (Å²) >= 11 is 8.69. The van der Waals surface area contributed by atoms with Gasteiger partial charge >= 0.3 is 0 Å². The van der Waals surface area contributed by atoms with Crippen LogP contribution in [0.25, 0.3) is 0 Å². The van der Waals surface area contributed by atoms with Crippen LogP contribution >= 0.6 is 34.7 Å². The van der Waals surface area contributed by atoms with Crippen LogP contribution in [0.1, 0.15) is 17.4 Å². The van der Waals surface area contributed by atoms with Crippen LogP contribution in [0.15, 0.2) is 38.5 Å². The molecule has 0 saturated heterocycles. The lowest BCUT2D eigenvalue weighted by Crippen LogP contribution is -2.13. The molecule has 3 rings (SSSR count). The average molecular weight is 381 g/mol. The number of halogens is 1. The second-order valence-electron chi connectivity index (χ2n) is 4.86. The summed E-state index contributed by atoms with van der Waals surface area (Å²) in [7, 11) is 0. The van der Waals surface area contributed by atoms with E-state index in [4.69, 9.17) is 16.1 Å². The van der Waals surface area contributed by atoms with E-state index in [1.54, 1.807) is 31.2 Å². The van der Waals surface area contributed by atoms with Crippen molar-refractivity contribution in [2.45, 2.75) is 17.7 Å². The Morgan fingerprint density at radius 1 is 1.33 bits per heavy atom. The number of aryl methyl sites for hydroxylation is 1. The minimum Gasteiger partial charge on any atom is -0.339 e. The van der Waals surface area contributed by atoms with Gasteiger partial charge in [0, 0.05) is 16.1 Å². The summed E-state index contributed by atoms with van der Waals surface area (Å²) in [5.74, 6) is 1.34. The van der Waals surface area contributed by atoms with Crippen molar-refractivity contribution in [2.24, 2.45) is 0 Å². The van der Waals surface area contributed by atoms with E-state index in [9.17, 15) is 4.79 Å². The van der Waals surface area contributed by atoms with Crippen LogP contribution in [0.3, 0.4) is 0 Å². The number of hydrogen-bond donors (Lipinski definition) is 1. The lowest BCUT2D eigenvalue weighted by atomic mass is 10.3. The van der Waals surface area contributed by atoms with Gasteiger partial charge in [0.05, 0.1) is 17.9 Å². The molecule has 3 aromatic rings. The van der Waals surface area contributed by atoms with E-state index in [1.165, 1.54) is 23.1 Å². The zero-order valence-corrected chi connectivity index (χ0v) is 15.0. The van der Waals surface area contributed by atoms with Gasteiger partial charge in [0.2, 0.25) is 11.8 Å². The number of benzene rings is 1. The minimum absolute atomic E-state index is 0.0911. The van der Waals surface area contributed by atoms with Crippen molar-refractivity contribution in [2.75, 3.05) is 11.1 Å². The molecule has 0 bridgehead atoms. The van der Waals surface area contributed by atoms with Crippen LogP contribution in [-0.2, 0) is 11.2 Å². The molecule has 1 N–H and O–H groups in total. The van der Waals surface area contributed by atoms with Crippen molar-refractivity contribution < 1.29 is 9.32 Å². The summed E-state index contributed by atoms with van der Waals surface area (Å²) in [5.41, 5.74) is 1.57. The first-order valence-corrected chi connectivity index (χ1v) is 9.24. The number of thioether (sulfide) groups is 1. The number of carbonyl (C=O) groups excluding carboxylic acids is 1. The van der Waals surface area contributed by atoms with Gasteiger partial charge in [0.15, 0.2) is 10.2 Å². The van der Waals surface area contributed by atoms with Crippen molar-refractivity contribution in [3.63, 3.8) is 0 Å². The quantitative estimate of drug-likeness (QED) is 0.655. The summed E-state index contributed by atoms with van der Waals surface area (Å²) in [4.78, 5) is 20.6. The van der Waals surface area contributed by atoms with Crippen LogP contribution in [-0.4, -0.2) is 26.8 Å². The summed E-state index contributed by atoms with van der Waals surface area (Å²) in [6.45, 7) is 1.77. The fourth-order valence-electron chi connectivity index (χ4n) is 1.86. The molecule has 9 heteroatoms. The maximum absolute atomic E-state index is 11.9. The predicted octanol–water partition coefficient (Wildman–Crippen LogP) is 3.81. The van der Waals surface area contributed by atoms with Crippen molar-refractivity contribution in [1.82, 2.24) is 15.1 Å². The van der Waals surface area contributed by atoms with Gasteiger partial charge in [0.1, 0.15) is 0 Å². The highest BCUT2D eigenvalue weighted by Gasteiger charge is 2.10. The topological polar surface area (TPSA) is 80.9 Å². The largest absolute Gasteiger partial charge is 0.339 e. The molecular formula is C15H13ClN4O2S2. The fraction of sp³-hybridized carbons (Fsp3) is 0.200. The number of anilines is 1. The van der Waals surface area contributed by atoms with E-state index >= 15 is 0 Å². The van der Waals surface area contributed by atoms with Gasteiger partial charge in [-0.1, -0.05) is 28.5 Å². The molecule has 0 fully saturated rings. The van der Waals surface area contributed by atoms with E-state index in [1.807, 2.05) is 5.38 Å². The first kappa shape index (κ1) is 16.9. The molecule has 0 saturated carbocycles. The lowest BCUT2D eigenvalue weighted by molar-refractivity contribution is -0.113. The Kier molecular flexibility index (Phi) is 5.49. The second kappa shape index (κ2) is 7.78. The van der Waals surface area contributed by atoms with Gasteiger partial charge in [-0.05, 0) is 31.2 Å². The number of hydrogen-bond acceptors (Lipinski definition) is 7. The maximum atomic E-state index is 11.9. The maximum Gasteiger partial charge on any atom is 0.234 e. The molecule has 2 heterocycles. The highest BCUT2D eigenvalue weighted by atomic mass is 35.5. The van der Waals surface area contributed by atoms with Gasteiger partial charge in [-0.2, -0.15) is 4.98 Å². The smallest absolute Gasteiger partial charge is 0.234 e. The van der Waals surface area contributed by atoms with E-state index < -0.39 is 0 Å². The van der Waals surface area contributed by atoms with Crippen LogP contribution in [0, 0.1) is 6.92 Å². The number of nitrogens with one attached hydrogen (secondary N) is 1. The molecule has 24 heavy (non-hydrogen) atoms. The number of nitrogens with zero attached hydrogens (tertiary/aromatic N) is 3. The summed E-state index contributed by atoms with van der Waals surface area (Å²) < 4.78 is 5.90. The number of amides is 1. The molecule has 1 aromatic carbocycles. The zero-order valence-electron chi connectivity index (χ0n) is 12.7. The lowest BCUT2D eigenvalue weighted by Gasteiger charge is -2.03. The summed E-state index contributed by atoms with van der Waals surface area (Å²) in [5, 5.41) is 9.12. The molecule has 0 aliphatic heterocycles. The van der Waals surface area contributed by atoms with Crippen molar-refractivity contribution in [3.8, 4) is 0 Å². The molecule has 2 aromatic heterocycles. The van der Waals surface area contributed by atoms with Crippen LogP contribution in [0.5, 0.6) is 0 Å². The Hall–Kier alpha value is -1.90. The van der Waals surface area contributed by atoms with Gasteiger partial charge < -0.3 is 9.84 Å². The van der Waals surface area contributed by atoms with Gasteiger partial charge in [-0.3, -0.25) is 4.79 Å². The van der Waals surface area contributed by atoms with Gasteiger partial charge in [-0.15, -0.1) is 11.3 Å². The SMILES string of the molecule is Cc1noc(Cc2csc(SCC(=O)Nc3ccc(Cl)cc3)n2)n1. The van der Waals surface area contributed by atoms with E-state index in [2.05, 4.69) is 20.4 Å². The van der Waals surface area contributed by atoms with Gasteiger partial charge in [0.25, 0.3) is 0 Å². The Bertz CT molecular complexity index is 832. The second-order valence-corrected chi connectivity index (χ2v) is 7.38. The third kappa shape index (κ3) is 4.80. The van der Waals surface area contributed by atoms with E-state index in [0.717, 1.165) is 15.7 Å². The number of carbonyl (C=O) groups is 1. The van der Waals surface area contributed by atoms with E-state index in [-0.39, 0.29) is 11.7 Å². The molecule has 0 radical (unpaired) electrons. The number of rotatable bonds is 6. The van der Waals surface area contributed by atoms with Crippen LogP contribution in [0.4, 0.5) is 5.69 Å². The molecule has 1 amide bonds. The fourth-order valence-corrected chi connectivity index (χ4v) is 3.63. The number of thiazole rings is 1. The monoisotopic (exact) mass is 380 g/mol. The minimum atomic E-state index is -0.0911. The van der Waals surface area contributed by atoms with Crippen molar-refractivity contribution >= 4 is 46.3 Å². The first-order valence-electron chi connectivity index (χ1n) is 7.00. The molecule has 0 atom stereocenters. The molecular weight excluding hydrogens is 368 g/mol. The molecule has 124 valence electrons. The Labute approximate surface area is 151 Å². The zero-order chi connectivity index (χ0) is 16.9. The highest BCUT2D eigenvalue weighted by Crippen LogP contribution is 2.24. The molecule has 0 aliphatic carbocycles. The predicted molar refractivity (Wildman–Crippen MR) is 94.8 cm³/mol. The summed E-state index contributed by atoms with van der Waals surface area (Å²) in [6.07, 6.45) is 0.495. The van der Waals surface area contributed by atoms with Gasteiger partial charge in [-0.25, -0.2) is 4.98 Å². The Morgan fingerprint density at radius 2 is 2.12 bits per heavy atom. The first-order chi connectivity index (χ1) is 11.6. The average Bonchev–Trinajstić information content (AvgIpc) is 3.17. The summed E-state index contributed by atoms with van der Waals surface area (Å²) in [6, 6.07) is 6.99. The third-order valence-corrected chi connectivity index (χ3v) is 5.21. The molecule has 0 spiro atoms. The molecule has 0 unspecified atom stereocenters. The molecule has 6 nitrogen and oxygen atoms in total. The van der Waals surface area contributed by atoms with Crippen molar-refractivity contribution in [3.05, 3.63) is 52.1 Å². The number of aromatic nitrogens is 3. The standard InChI is InChI=1S/C15H13ClN4O2S2/c1-9-17-14(22-20-9)6-12-7-23-15(19-12)24-8-13(21)18-11-4-2-10(16)3-5-11/h2-5,7H,6,8H2,1H3,(H,18,21).